The molecule has 130 valence electrons. The Morgan fingerprint density at radius 1 is 1.29 bits per heavy atom. The fourth-order valence-corrected chi connectivity index (χ4v) is 2.05. The van der Waals surface area contributed by atoms with Crippen molar-refractivity contribution in [2.75, 3.05) is 13.2 Å². The van der Waals surface area contributed by atoms with Gasteiger partial charge in [-0.15, -0.1) is 0 Å². The molecule has 2 aromatic rings. The first-order chi connectivity index (χ1) is 11.3. The fraction of sp³-hybridized carbons (Fsp3) is 0.421. The number of aliphatic hydroxyl groups is 1. The van der Waals surface area contributed by atoms with Crippen LogP contribution in [0.15, 0.2) is 34.9 Å². The summed E-state index contributed by atoms with van der Waals surface area (Å²) in [6.07, 6.45) is 3.19. The highest BCUT2D eigenvalue weighted by Crippen LogP contribution is 2.21. The number of benzene rings is 1. The molecule has 0 aliphatic rings. The Morgan fingerprint density at radius 3 is 2.71 bits per heavy atom. The number of ether oxygens (including phenoxy) is 1. The Hall–Kier alpha value is -2.11. The lowest BCUT2D eigenvalue weighted by atomic mass is 10.1. The Kier molecular flexibility index (Phi) is 6.17. The number of nitrogens with one attached hydrogen (secondary N) is 1. The Morgan fingerprint density at radius 2 is 2.04 bits per heavy atom. The van der Waals surface area contributed by atoms with Gasteiger partial charge < -0.3 is 19.7 Å². The molecular formula is C19H26N2O3. The van der Waals surface area contributed by atoms with E-state index in [4.69, 9.17) is 9.26 Å². The van der Waals surface area contributed by atoms with Crippen molar-refractivity contribution >= 4 is 12.2 Å². The maximum atomic E-state index is 10.0. The lowest BCUT2D eigenvalue weighted by Gasteiger charge is -2.23. The van der Waals surface area contributed by atoms with E-state index < -0.39 is 6.10 Å². The number of aromatic nitrogens is 1. The van der Waals surface area contributed by atoms with Gasteiger partial charge >= 0.3 is 0 Å². The number of hydrogen-bond acceptors (Lipinski definition) is 5. The normalized spacial score (nSPS) is 13.4. The van der Waals surface area contributed by atoms with E-state index >= 15 is 0 Å². The predicted octanol–water partition coefficient (Wildman–Crippen LogP) is 3.28. The molecule has 0 fully saturated rings. The highest BCUT2D eigenvalue weighted by molar-refractivity contribution is 5.70. The minimum Gasteiger partial charge on any atom is -0.490 e. The largest absolute Gasteiger partial charge is 0.490 e. The molecule has 0 saturated heterocycles. The molecule has 0 unspecified atom stereocenters. The average molecular weight is 330 g/mol. The summed E-state index contributed by atoms with van der Waals surface area (Å²) in [6.45, 7) is 8.78. The Balaban J connectivity index is 1.95. The van der Waals surface area contributed by atoms with Crippen LogP contribution in [0, 0.1) is 6.92 Å². The standard InChI is InChI=1S/C19H26N2O3/c1-14-11-17(24-21-14)10-9-15-7-5-6-8-18(15)23-13-16(22)12-20-19(2,3)4/h5-11,16,20,22H,12-13H2,1-4H3/b10-9+/t16-/m0/s1. The molecule has 1 aromatic heterocycles. The van der Waals surface area contributed by atoms with Gasteiger partial charge in [-0.25, -0.2) is 0 Å². The Labute approximate surface area is 143 Å². The van der Waals surface area contributed by atoms with Crippen LogP contribution in [0.4, 0.5) is 0 Å². The van der Waals surface area contributed by atoms with E-state index in [1.807, 2.05) is 49.4 Å². The van der Waals surface area contributed by atoms with Gasteiger partial charge in [0.15, 0.2) is 5.76 Å². The smallest absolute Gasteiger partial charge is 0.159 e. The third-order valence-electron chi connectivity index (χ3n) is 3.29. The number of rotatable bonds is 7. The Bertz CT molecular complexity index is 671. The van der Waals surface area contributed by atoms with Crippen LogP contribution < -0.4 is 10.1 Å². The van der Waals surface area contributed by atoms with Crippen LogP contribution in [0.5, 0.6) is 5.75 Å². The minimum atomic E-state index is -0.571. The fourth-order valence-electron chi connectivity index (χ4n) is 2.05. The van der Waals surface area contributed by atoms with E-state index in [1.54, 1.807) is 0 Å². The molecule has 2 N–H and O–H groups in total. The van der Waals surface area contributed by atoms with Gasteiger partial charge in [0.1, 0.15) is 18.5 Å². The molecule has 0 amide bonds. The van der Waals surface area contributed by atoms with Crippen molar-refractivity contribution in [2.24, 2.45) is 0 Å². The van der Waals surface area contributed by atoms with Crippen LogP contribution in [0.2, 0.25) is 0 Å². The van der Waals surface area contributed by atoms with Crippen molar-refractivity contribution in [3.8, 4) is 5.75 Å². The summed E-state index contributed by atoms with van der Waals surface area (Å²) in [6, 6.07) is 9.55. The second-order valence-electron chi connectivity index (χ2n) is 6.84. The number of hydrogen-bond donors (Lipinski definition) is 2. The number of aryl methyl sites for hydroxylation is 1. The lowest BCUT2D eigenvalue weighted by molar-refractivity contribution is 0.0999. The molecular weight excluding hydrogens is 304 g/mol. The second-order valence-corrected chi connectivity index (χ2v) is 6.84. The summed E-state index contributed by atoms with van der Waals surface area (Å²) < 4.78 is 10.9. The molecule has 0 bridgehead atoms. The molecule has 0 saturated carbocycles. The van der Waals surface area contributed by atoms with Crippen molar-refractivity contribution in [3.05, 3.63) is 47.3 Å². The second kappa shape index (κ2) is 8.13. The molecule has 1 heterocycles. The van der Waals surface area contributed by atoms with Crippen molar-refractivity contribution in [1.82, 2.24) is 10.5 Å². The molecule has 5 heteroatoms. The van der Waals surface area contributed by atoms with Gasteiger partial charge in [0.25, 0.3) is 0 Å². The maximum absolute atomic E-state index is 10.0. The van der Waals surface area contributed by atoms with Gasteiger partial charge in [-0.1, -0.05) is 23.4 Å². The number of para-hydroxylation sites is 1. The van der Waals surface area contributed by atoms with Crippen LogP contribution >= 0.6 is 0 Å². The third-order valence-corrected chi connectivity index (χ3v) is 3.29. The van der Waals surface area contributed by atoms with E-state index in [-0.39, 0.29) is 12.1 Å². The minimum absolute atomic E-state index is 0.0309. The lowest BCUT2D eigenvalue weighted by Crippen LogP contribution is -2.42. The summed E-state index contributed by atoms with van der Waals surface area (Å²) in [5.74, 6) is 1.41. The summed E-state index contributed by atoms with van der Waals surface area (Å²) in [4.78, 5) is 0. The molecule has 0 spiro atoms. The highest BCUT2D eigenvalue weighted by Gasteiger charge is 2.13. The molecule has 0 aliphatic heterocycles. The van der Waals surface area contributed by atoms with Crippen molar-refractivity contribution < 1.29 is 14.4 Å². The van der Waals surface area contributed by atoms with Gasteiger partial charge in [0.2, 0.25) is 0 Å². The van der Waals surface area contributed by atoms with E-state index in [0.29, 0.717) is 12.3 Å². The SMILES string of the molecule is Cc1cc(/C=C/c2ccccc2OC[C@@H](O)CNC(C)(C)C)on1. The van der Waals surface area contributed by atoms with Crippen molar-refractivity contribution in [2.45, 2.75) is 39.3 Å². The van der Waals surface area contributed by atoms with E-state index in [9.17, 15) is 5.11 Å². The first kappa shape index (κ1) is 18.2. The van der Waals surface area contributed by atoms with E-state index in [2.05, 4.69) is 31.2 Å². The first-order valence-electron chi connectivity index (χ1n) is 8.10. The van der Waals surface area contributed by atoms with Gasteiger partial charge in [-0.3, -0.25) is 0 Å². The zero-order chi connectivity index (χ0) is 17.6. The zero-order valence-electron chi connectivity index (χ0n) is 14.7. The molecule has 2 rings (SSSR count). The van der Waals surface area contributed by atoms with Crippen molar-refractivity contribution in [1.29, 1.82) is 0 Å². The molecule has 1 aromatic carbocycles. The van der Waals surface area contributed by atoms with Crippen LogP contribution in [0.25, 0.3) is 12.2 Å². The molecule has 0 aliphatic carbocycles. The van der Waals surface area contributed by atoms with E-state index in [0.717, 1.165) is 17.0 Å². The van der Waals surface area contributed by atoms with Gasteiger partial charge in [-0.2, -0.15) is 0 Å². The summed E-state index contributed by atoms with van der Waals surface area (Å²) in [5, 5.41) is 17.2. The van der Waals surface area contributed by atoms with Gasteiger partial charge in [0.05, 0.1) is 5.69 Å². The quantitative estimate of drug-likeness (QED) is 0.815. The number of nitrogens with zero attached hydrogens (tertiary/aromatic N) is 1. The molecule has 1 atom stereocenters. The average Bonchev–Trinajstić information content (AvgIpc) is 2.94. The predicted molar refractivity (Wildman–Crippen MR) is 95.9 cm³/mol. The summed E-state index contributed by atoms with van der Waals surface area (Å²) in [7, 11) is 0. The third kappa shape index (κ3) is 6.18. The van der Waals surface area contributed by atoms with E-state index in [1.165, 1.54) is 0 Å². The first-order valence-corrected chi connectivity index (χ1v) is 8.10. The topological polar surface area (TPSA) is 67.5 Å². The monoisotopic (exact) mass is 330 g/mol. The van der Waals surface area contributed by atoms with Crippen LogP contribution in [-0.2, 0) is 0 Å². The maximum Gasteiger partial charge on any atom is 0.159 e. The number of aliphatic hydroxyl groups excluding tert-OH is 1. The van der Waals surface area contributed by atoms with Gasteiger partial charge in [-0.05, 0) is 45.9 Å². The number of β-amino-alcohol motifs (C(OH)–C–C–N with tert-alkyl or cyclic N) is 1. The van der Waals surface area contributed by atoms with Gasteiger partial charge in [0, 0.05) is 23.7 Å². The highest BCUT2D eigenvalue weighted by atomic mass is 16.5. The summed E-state index contributed by atoms with van der Waals surface area (Å²) >= 11 is 0. The van der Waals surface area contributed by atoms with Crippen molar-refractivity contribution in [3.63, 3.8) is 0 Å². The zero-order valence-corrected chi connectivity index (χ0v) is 14.7. The molecule has 24 heavy (non-hydrogen) atoms. The van der Waals surface area contributed by atoms with Crippen LogP contribution in [0.1, 0.15) is 37.8 Å². The summed E-state index contributed by atoms with van der Waals surface area (Å²) in [5.41, 5.74) is 1.73. The molecule has 0 radical (unpaired) electrons. The molecule has 5 nitrogen and oxygen atoms in total. The van der Waals surface area contributed by atoms with Crippen LogP contribution in [0.3, 0.4) is 0 Å². The van der Waals surface area contributed by atoms with Crippen LogP contribution in [-0.4, -0.2) is 35.1 Å².